The van der Waals surface area contributed by atoms with E-state index in [1.165, 1.54) is 5.56 Å². The van der Waals surface area contributed by atoms with Crippen LogP contribution in [0.25, 0.3) is 17.1 Å². The molecular formula is C15H15N5. The third-order valence-electron chi connectivity index (χ3n) is 3.28. The van der Waals surface area contributed by atoms with Gasteiger partial charge in [0.1, 0.15) is 0 Å². The van der Waals surface area contributed by atoms with Crippen LogP contribution in [-0.2, 0) is 0 Å². The van der Waals surface area contributed by atoms with Gasteiger partial charge in [0.2, 0.25) is 0 Å². The molecule has 0 unspecified atom stereocenters. The van der Waals surface area contributed by atoms with Gasteiger partial charge in [-0.25, -0.2) is 0 Å². The number of benzene rings is 2. The van der Waals surface area contributed by atoms with Gasteiger partial charge in [0, 0.05) is 11.3 Å². The zero-order valence-electron chi connectivity index (χ0n) is 11.4. The largest absolute Gasteiger partial charge is 0.399 e. The summed E-state index contributed by atoms with van der Waals surface area (Å²) in [5.41, 5.74) is 10.7. The van der Waals surface area contributed by atoms with Crippen molar-refractivity contribution in [2.24, 2.45) is 0 Å². The second kappa shape index (κ2) is 4.77. The minimum atomic E-state index is 0.706. The Bertz CT molecular complexity index is 743. The summed E-state index contributed by atoms with van der Waals surface area (Å²) >= 11 is 0. The van der Waals surface area contributed by atoms with Crippen LogP contribution < -0.4 is 5.73 Å². The summed E-state index contributed by atoms with van der Waals surface area (Å²) < 4.78 is 1.73. The summed E-state index contributed by atoms with van der Waals surface area (Å²) in [6.45, 7) is 4.02. The van der Waals surface area contributed by atoms with Crippen LogP contribution in [0.4, 0.5) is 5.69 Å². The Balaban J connectivity index is 2.10. The van der Waals surface area contributed by atoms with E-state index in [9.17, 15) is 0 Å². The average Bonchev–Trinajstić information content (AvgIpc) is 2.92. The number of tetrazole rings is 1. The van der Waals surface area contributed by atoms with E-state index in [-0.39, 0.29) is 0 Å². The molecule has 20 heavy (non-hydrogen) atoms. The van der Waals surface area contributed by atoms with Gasteiger partial charge >= 0.3 is 0 Å². The first kappa shape index (κ1) is 12.3. The van der Waals surface area contributed by atoms with Crippen LogP contribution in [0.1, 0.15) is 11.1 Å². The van der Waals surface area contributed by atoms with Crippen molar-refractivity contribution in [1.29, 1.82) is 0 Å². The van der Waals surface area contributed by atoms with Crippen molar-refractivity contribution in [2.75, 3.05) is 5.73 Å². The van der Waals surface area contributed by atoms with E-state index in [0.717, 1.165) is 22.5 Å². The molecule has 0 aliphatic heterocycles. The molecule has 0 aliphatic rings. The van der Waals surface area contributed by atoms with Gasteiger partial charge in [0.15, 0.2) is 5.82 Å². The molecule has 100 valence electrons. The number of nitrogens with two attached hydrogens (primary N) is 1. The van der Waals surface area contributed by atoms with Gasteiger partial charge in [0.05, 0.1) is 5.69 Å². The number of rotatable bonds is 2. The molecule has 0 aliphatic carbocycles. The molecule has 0 fully saturated rings. The number of hydrogen-bond donors (Lipinski definition) is 1. The van der Waals surface area contributed by atoms with E-state index >= 15 is 0 Å². The van der Waals surface area contributed by atoms with Crippen LogP contribution in [0, 0.1) is 13.8 Å². The Morgan fingerprint density at radius 1 is 1.00 bits per heavy atom. The van der Waals surface area contributed by atoms with E-state index in [1.807, 2.05) is 56.3 Å². The molecule has 0 saturated carbocycles. The van der Waals surface area contributed by atoms with Crippen LogP contribution in [0.2, 0.25) is 0 Å². The lowest BCUT2D eigenvalue weighted by Gasteiger charge is -2.07. The normalized spacial score (nSPS) is 10.7. The minimum Gasteiger partial charge on any atom is -0.399 e. The van der Waals surface area contributed by atoms with Crippen LogP contribution in [-0.4, -0.2) is 20.2 Å². The summed E-state index contributed by atoms with van der Waals surface area (Å²) in [5, 5.41) is 12.0. The van der Waals surface area contributed by atoms with E-state index in [1.54, 1.807) is 4.68 Å². The lowest BCUT2D eigenvalue weighted by molar-refractivity contribution is 0.791. The molecule has 0 bridgehead atoms. The summed E-state index contributed by atoms with van der Waals surface area (Å²) in [4.78, 5) is 0. The van der Waals surface area contributed by atoms with Crippen molar-refractivity contribution >= 4 is 5.69 Å². The van der Waals surface area contributed by atoms with Crippen molar-refractivity contribution in [3.05, 3.63) is 53.6 Å². The van der Waals surface area contributed by atoms with Gasteiger partial charge in [-0.1, -0.05) is 17.7 Å². The first-order valence-electron chi connectivity index (χ1n) is 6.37. The van der Waals surface area contributed by atoms with E-state index in [4.69, 9.17) is 5.73 Å². The van der Waals surface area contributed by atoms with Gasteiger partial charge in [-0.3, -0.25) is 0 Å². The lowest BCUT2D eigenvalue weighted by atomic mass is 10.1. The predicted octanol–water partition coefficient (Wildman–Crippen LogP) is 2.53. The van der Waals surface area contributed by atoms with Crippen molar-refractivity contribution in [1.82, 2.24) is 20.2 Å². The van der Waals surface area contributed by atoms with Crippen LogP contribution in [0.15, 0.2) is 42.5 Å². The van der Waals surface area contributed by atoms with Crippen LogP contribution >= 0.6 is 0 Å². The van der Waals surface area contributed by atoms with Crippen molar-refractivity contribution in [3.8, 4) is 17.1 Å². The second-order valence-electron chi connectivity index (χ2n) is 4.82. The maximum Gasteiger partial charge on any atom is 0.187 e. The summed E-state index contributed by atoms with van der Waals surface area (Å²) in [6.07, 6.45) is 0. The van der Waals surface area contributed by atoms with Crippen molar-refractivity contribution in [3.63, 3.8) is 0 Å². The van der Waals surface area contributed by atoms with Gasteiger partial charge in [-0.15, -0.1) is 5.10 Å². The van der Waals surface area contributed by atoms with Crippen molar-refractivity contribution in [2.45, 2.75) is 13.8 Å². The van der Waals surface area contributed by atoms with Gasteiger partial charge < -0.3 is 5.73 Å². The number of aryl methyl sites for hydroxylation is 2. The van der Waals surface area contributed by atoms with Crippen LogP contribution in [0.5, 0.6) is 0 Å². The molecule has 3 aromatic rings. The summed E-state index contributed by atoms with van der Waals surface area (Å²) in [5.74, 6) is 0.706. The Hall–Kier alpha value is -2.69. The second-order valence-corrected chi connectivity index (χ2v) is 4.82. The average molecular weight is 265 g/mol. The number of anilines is 1. The third kappa shape index (κ3) is 2.14. The molecule has 1 heterocycles. The highest BCUT2D eigenvalue weighted by Crippen LogP contribution is 2.23. The quantitative estimate of drug-likeness (QED) is 0.723. The molecule has 0 saturated heterocycles. The SMILES string of the molecule is Cc1ccc(-n2nnnc2-c2ccc(N)c(C)c2)cc1. The zero-order chi connectivity index (χ0) is 14.1. The zero-order valence-corrected chi connectivity index (χ0v) is 11.4. The molecule has 1 aromatic heterocycles. The Morgan fingerprint density at radius 2 is 1.75 bits per heavy atom. The molecule has 2 N–H and O–H groups in total. The maximum absolute atomic E-state index is 5.85. The Morgan fingerprint density at radius 3 is 2.45 bits per heavy atom. The molecule has 0 amide bonds. The smallest absolute Gasteiger partial charge is 0.187 e. The fourth-order valence-electron chi connectivity index (χ4n) is 2.04. The standard InChI is InChI=1S/C15H15N5/c1-10-3-6-13(7-4-10)20-15(17-18-19-20)12-5-8-14(16)11(2)9-12/h3-9H,16H2,1-2H3. The molecule has 0 atom stereocenters. The predicted molar refractivity (Wildman–Crippen MR) is 78.5 cm³/mol. The first-order chi connectivity index (χ1) is 9.65. The highest BCUT2D eigenvalue weighted by Gasteiger charge is 2.11. The molecule has 3 rings (SSSR count). The Labute approximate surface area is 117 Å². The monoisotopic (exact) mass is 265 g/mol. The number of aromatic nitrogens is 4. The topological polar surface area (TPSA) is 69.6 Å². The molecule has 0 spiro atoms. The van der Waals surface area contributed by atoms with Crippen LogP contribution in [0.3, 0.4) is 0 Å². The van der Waals surface area contributed by atoms with E-state index in [0.29, 0.717) is 5.82 Å². The Kier molecular flexibility index (Phi) is 2.95. The maximum atomic E-state index is 5.85. The number of nitrogen functional groups attached to an aromatic ring is 1. The van der Waals surface area contributed by atoms with Gasteiger partial charge in [-0.2, -0.15) is 4.68 Å². The number of nitrogens with zero attached hydrogens (tertiary/aromatic N) is 4. The van der Waals surface area contributed by atoms with Crippen molar-refractivity contribution < 1.29 is 0 Å². The summed E-state index contributed by atoms with van der Waals surface area (Å²) in [6, 6.07) is 13.9. The van der Waals surface area contributed by atoms with E-state index in [2.05, 4.69) is 15.5 Å². The molecule has 5 heteroatoms. The molecule has 0 radical (unpaired) electrons. The summed E-state index contributed by atoms with van der Waals surface area (Å²) in [7, 11) is 0. The minimum absolute atomic E-state index is 0.706. The fourth-order valence-corrected chi connectivity index (χ4v) is 2.04. The fraction of sp³-hybridized carbons (Fsp3) is 0.133. The molecule has 2 aromatic carbocycles. The van der Waals surface area contributed by atoms with E-state index < -0.39 is 0 Å². The molecule has 5 nitrogen and oxygen atoms in total. The lowest BCUT2D eigenvalue weighted by Crippen LogP contribution is -2.00. The molecular weight excluding hydrogens is 250 g/mol. The van der Waals surface area contributed by atoms with Gasteiger partial charge in [0.25, 0.3) is 0 Å². The first-order valence-corrected chi connectivity index (χ1v) is 6.37. The highest BCUT2D eigenvalue weighted by atomic mass is 15.5. The number of hydrogen-bond acceptors (Lipinski definition) is 4. The van der Waals surface area contributed by atoms with Gasteiger partial charge in [-0.05, 0) is 60.2 Å². The third-order valence-corrected chi connectivity index (χ3v) is 3.28. The highest BCUT2D eigenvalue weighted by molar-refractivity contribution is 5.63.